The van der Waals surface area contributed by atoms with Gasteiger partial charge in [-0.15, -0.1) is 0 Å². The number of ketones is 1. The van der Waals surface area contributed by atoms with Gasteiger partial charge >= 0.3 is 0 Å². The second-order valence-electron chi connectivity index (χ2n) is 7.80. The number of fused-ring (bicyclic) bond motifs is 1. The van der Waals surface area contributed by atoms with Crippen molar-refractivity contribution in [2.24, 2.45) is 0 Å². The number of ether oxygens (including phenoxy) is 1. The van der Waals surface area contributed by atoms with Gasteiger partial charge in [-0.3, -0.25) is 9.59 Å². The summed E-state index contributed by atoms with van der Waals surface area (Å²) in [5.41, 5.74) is 1.27. The number of aryl methyl sites for hydroxylation is 1. The van der Waals surface area contributed by atoms with E-state index >= 15 is 0 Å². The maximum atomic E-state index is 14.8. The third-order valence-electron chi connectivity index (χ3n) is 5.83. The lowest BCUT2D eigenvalue weighted by Gasteiger charge is -2.25. The first-order valence-electron chi connectivity index (χ1n) is 10.4. The highest BCUT2D eigenvalue weighted by molar-refractivity contribution is 6.46. The minimum atomic E-state index is -1.09. The predicted octanol–water partition coefficient (Wildman–Crippen LogP) is 4.37. The first kappa shape index (κ1) is 20.1. The molecule has 2 aliphatic heterocycles. The molecule has 162 valence electrons. The number of furan rings is 1. The molecule has 1 amide bonds. The van der Waals surface area contributed by atoms with Gasteiger partial charge in [-0.1, -0.05) is 18.2 Å². The van der Waals surface area contributed by atoms with Crippen LogP contribution in [0.5, 0.6) is 5.75 Å². The smallest absolute Gasteiger partial charge is 0.296 e. The second-order valence-corrected chi connectivity index (χ2v) is 7.80. The van der Waals surface area contributed by atoms with Gasteiger partial charge in [0.15, 0.2) is 0 Å². The molecular formula is C25H20FNO5. The monoisotopic (exact) mass is 433 g/mol. The van der Waals surface area contributed by atoms with Crippen LogP contribution >= 0.6 is 0 Å². The quantitative estimate of drug-likeness (QED) is 0.376. The van der Waals surface area contributed by atoms with E-state index in [0.717, 1.165) is 24.2 Å². The van der Waals surface area contributed by atoms with Gasteiger partial charge in [0.05, 0.1) is 31.0 Å². The van der Waals surface area contributed by atoms with E-state index in [9.17, 15) is 19.1 Å². The highest BCUT2D eigenvalue weighted by atomic mass is 19.1. The molecule has 1 aromatic heterocycles. The maximum absolute atomic E-state index is 14.8. The van der Waals surface area contributed by atoms with E-state index in [4.69, 9.17) is 9.15 Å². The van der Waals surface area contributed by atoms with Crippen molar-refractivity contribution in [2.75, 3.05) is 6.61 Å². The van der Waals surface area contributed by atoms with Gasteiger partial charge in [0.2, 0.25) is 0 Å². The molecule has 0 saturated carbocycles. The fourth-order valence-corrected chi connectivity index (χ4v) is 4.30. The van der Waals surface area contributed by atoms with Crippen molar-refractivity contribution in [3.05, 3.63) is 94.7 Å². The van der Waals surface area contributed by atoms with Crippen LogP contribution in [0.3, 0.4) is 0 Å². The summed E-state index contributed by atoms with van der Waals surface area (Å²) < 4.78 is 25.8. The molecule has 1 unspecified atom stereocenters. The molecule has 0 bridgehead atoms. The Balaban J connectivity index is 1.65. The summed E-state index contributed by atoms with van der Waals surface area (Å²) in [6.07, 6.45) is 3.08. The topological polar surface area (TPSA) is 80.0 Å². The number of aliphatic hydroxyl groups is 1. The summed E-state index contributed by atoms with van der Waals surface area (Å²) in [5.74, 6) is -1.43. The fourth-order valence-electron chi connectivity index (χ4n) is 4.30. The van der Waals surface area contributed by atoms with Crippen molar-refractivity contribution in [3.63, 3.8) is 0 Å². The number of likely N-dealkylation sites (tertiary alicyclic amines) is 1. The molecule has 6 nitrogen and oxygen atoms in total. The van der Waals surface area contributed by atoms with Gasteiger partial charge in [-0.2, -0.15) is 0 Å². The van der Waals surface area contributed by atoms with Crippen LogP contribution in [-0.4, -0.2) is 28.3 Å². The Labute approximate surface area is 183 Å². The summed E-state index contributed by atoms with van der Waals surface area (Å²) in [6, 6.07) is 13.3. The molecule has 5 rings (SSSR count). The molecule has 0 radical (unpaired) electrons. The molecule has 1 saturated heterocycles. The highest BCUT2D eigenvalue weighted by Gasteiger charge is 2.47. The van der Waals surface area contributed by atoms with Crippen LogP contribution in [0.2, 0.25) is 0 Å². The number of hydrogen-bond acceptors (Lipinski definition) is 5. The summed E-state index contributed by atoms with van der Waals surface area (Å²) >= 11 is 0. The van der Waals surface area contributed by atoms with Crippen molar-refractivity contribution < 1.29 is 28.2 Å². The van der Waals surface area contributed by atoms with Crippen LogP contribution in [0, 0.1) is 5.82 Å². The lowest BCUT2D eigenvalue weighted by atomic mass is 9.93. The number of Topliss-reactive ketones (excluding diaryl/α,β-unsaturated/α-hetero) is 1. The van der Waals surface area contributed by atoms with Gasteiger partial charge < -0.3 is 19.2 Å². The summed E-state index contributed by atoms with van der Waals surface area (Å²) in [4.78, 5) is 27.2. The fraction of sp³-hybridized carbons (Fsp3) is 0.200. The van der Waals surface area contributed by atoms with Crippen LogP contribution in [0.4, 0.5) is 4.39 Å². The Morgan fingerprint density at radius 3 is 2.75 bits per heavy atom. The molecule has 0 aliphatic carbocycles. The number of rotatable bonds is 4. The molecule has 7 heteroatoms. The Morgan fingerprint density at radius 1 is 1.12 bits per heavy atom. The second kappa shape index (κ2) is 8.00. The summed E-state index contributed by atoms with van der Waals surface area (Å²) in [7, 11) is 0. The SMILES string of the molecule is O=C1C(=O)N(Cc2ccco2)C(c2ccccc2F)/C1=C(\O)c1ccc2c(c1)CCCO2. The van der Waals surface area contributed by atoms with E-state index in [1.165, 1.54) is 29.4 Å². The number of amides is 1. The van der Waals surface area contributed by atoms with Gasteiger partial charge in [0.25, 0.3) is 11.7 Å². The molecule has 32 heavy (non-hydrogen) atoms. The molecule has 2 aromatic carbocycles. The van der Waals surface area contributed by atoms with E-state index in [1.807, 2.05) is 0 Å². The van der Waals surface area contributed by atoms with Gasteiger partial charge in [-0.25, -0.2) is 4.39 Å². The third kappa shape index (κ3) is 3.36. The van der Waals surface area contributed by atoms with Crippen LogP contribution in [0.1, 0.15) is 34.9 Å². The number of hydrogen-bond donors (Lipinski definition) is 1. The Morgan fingerprint density at radius 2 is 1.97 bits per heavy atom. The summed E-state index contributed by atoms with van der Waals surface area (Å²) in [5, 5.41) is 11.2. The van der Waals surface area contributed by atoms with E-state index < -0.39 is 23.5 Å². The van der Waals surface area contributed by atoms with Gasteiger partial charge in [0, 0.05) is 11.1 Å². The Hall–Kier alpha value is -3.87. The average Bonchev–Trinajstić information content (AvgIpc) is 3.41. The zero-order valence-corrected chi connectivity index (χ0v) is 17.1. The lowest BCUT2D eigenvalue weighted by molar-refractivity contribution is -0.140. The zero-order chi connectivity index (χ0) is 22.2. The van der Waals surface area contributed by atoms with E-state index in [-0.39, 0.29) is 23.4 Å². The predicted molar refractivity (Wildman–Crippen MR) is 113 cm³/mol. The Bertz CT molecular complexity index is 1230. The highest BCUT2D eigenvalue weighted by Crippen LogP contribution is 2.41. The first-order chi connectivity index (χ1) is 15.5. The lowest BCUT2D eigenvalue weighted by Crippen LogP contribution is -2.29. The molecule has 1 fully saturated rings. The van der Waals surface area contributed by atoms with E-state index in [2.05, 4.69) is 0 Å². The number of benzene rings is 2. The maximum Gasteiger partial charge on any atom is 0.296 e. The van der Waals surface area contributed by atoms with Crippen molar-refractivity contribution in [3.8, 4) is 5.75 Å². The molecule has 1 N–H and O–H groups in total. The standard InChI is InChI=1S/C25H20FNO5/c26-19-8-2-1-7-18(19)22-21(24(29)25(30)27(22)14-17-6-4-11-31-17)23(28)16-9-10-20-15(13-16)5-3-12-32-20/h1-2,4,6-11,13,22,28H,3,5,12,14H2/b23-21+. The molecule has 3 heterocycles. The molecule has 0 spiro atoms. The van der Waals surface area contributed by atoms with Crippen LogP contribution in [0.25, 0.3) is 5.76 Å². The summed E-state index contributed by atoms with van der Waals surface area (Å²) in [6.45, 7) is 0.592. The minimum absolute atomic E-state index is 0.0363. The molecule has 1 atom stereocenters. The van der Waals surface area contributed by atoms with Gasteiger partial charge in [0.1, 0.15) is 23.1 Å². The zero-order valence-electron chi connectivity index (χ0n) is 17.1. The molecular weight excluding hydrogens is 413 g/mol. The van der Waals surface area contributed by atoms with E-state index in [0.29, 0.717) is 17.9 Å². The molecule has 2 aliphatic rings. The molecule has 3 aromatic rings. The van der Waals surface area contributed by atoms with Crippen LogP contribution in [0.15, 0.2) is 70.9 Å². The van der Waals surface area contributed by atoms with Crippen molar-refractivity contribution in [2.45, 2.75) is 25.4 Å². The number of halogens is 1. The first-order valence-corrected chi connectivity index (χ1v) is 10.4. The van der Waals surface area contributed by atoms with Crippen LogP contribution in [-0.2, 0) is 22.6 Å². The number of carbonyl (C=O) groups is 2. The van der Waals surface area contributed by atoms with Crippen molar-refractivity contribution in [1.29, 1.82) is 0 Å². The number of nitrogens with zero attached hydrogens (tertiary/aromatic N) is 1. The average molecular weight is 433 g/mol. The third-order valence-corrected chi connectivity index (χ3v) is 5.83. The number of carbonyl (C=O) groups excluding carboxylic acids is 2. The number of aliphatic hydroxyl groups excluding tert-OH is 1. The largest absolute Gasteiger partial charge is 0.507 e. The van der Waals surface area contributed by atoms with Crippen molar-refractivity contribution in [1.82, 2.24) is 4.90 Å². The van der Waals surface area contributed by atoms with E-state index in [1.54, 1.807) is 36.4 Å². The normalized spacial score (nSPS) is 19.7. The minimum Gasteiger partial charge on any atom is -0.507 e. The van der Waals surface area contributed by atoms with Crippen LogP contribution < -0.4 is 4.74 Å². The van der Waals surface area contributed by atoms with Gasteiger partial charge in [-0.05, 0) is 54.8 Å². The van der Waals surface area contributed by atoms with Crippen molar-refractivity contribution >= 4 is 17.4 Å². The Kier molecular flexibility index (Phi) is 5.01.